The summed E-state index contributed by atoms with van der Waals surface area (Å²) in [6.07, 6.45) is 1.44. The Labute approximate surface area is 95.5 Å². The molecule has 0 aromatic rings. The minimum atomic E-state index is -6.00. The summed E-state index contributed by atoms with van der Waals surface area (Å²) in [5, 5.41) is 0. The molecule has 0 aromatic heterocycles. The van der Waals surface area contributed by atoms with Gasteiger partial charge in [-0.3, -0.25) is 0 Å². The van der Waals surface area contributed by atoms with Crippen LogP contribution < -0.4 is 0 Å². The van der Waals surface area contributed by atoms with Crippen molar-refractivity contribution in [2.75, 3.05) is 26.7 Å². The number of likely N-dealkylation sites (tertiary alicyclic amines) is 1. The topological polar surface area (TPSA) is 0 Å². The van der Waals surface area contributed by atoms with Crippen LogP contribution in [0.5, 0.6) is 0 Å². The van der Waals surface area contributed by atoms with E-state index in [9.17, 15) is 17.3 Å². The van der Waals surface area contributed by atoms with E-state index in [-0.39, 0.29) is 0 Å². The molecule has 1 saturated heterocycles. The Kier molecular flexibility index (Phi) is 5.80. The number of hydrogen-bond acceptors (Lipinski definition) is 0. The Bertz CT molecular complexity index is 191. The van der Waals surface area contributed by atoms with E-state index in [4.69, 9.17) is 0 Å². The summed E-state index contributed by atoms with van der Waals surface area (Å²) in [5.74, 6) is 1.87. The molecule has 2 unspecified atom stereocenters. The summed E-state index contributed by atoms with van der Waals surface area (Å²) in [5.41, 5.74) is 0. The molecule has 2 atom stereocenters. The van der Waals surface area contributed by atoms with E-state index in [0.29, 0.717) is 0 Å². The molecule has 1 rings (SSSR count). The third-order valence-electron chi connectivity index (χ3n) is 3.07. The van der Waals surface area contributed by atoms with E-state index in [2.05, 4.69) is 27.8 Å². The molecule has 1 aliphatic heterocycles. The molecule has 0 aliphatic carbocycles. The molecule has 1 aliphatic rings. The molecule has 98 valence electrons. The lowest BCUT2D eigenvalue weighted by atomic mass is 9.90. The van der Waals surface area contributed by atoms with Crippen molar-refractivity contribution >= 4 is 7.25 Å². The monoisotopic (exact) mass is 243 g/mol. The molecule has 1 heterocycles. The molecule has 0 spiro atoms. The van der Waals surface area contributed by atoms with Crippen molar-refractivity contribution in [2.24, 2.45) is 11.8 Å². The Morgan fingerprint density at radius 3 is 1.62 bits per heavy atom. The van der Waals surface area contributed by atoms with Gasteiger partial charge in [0.25, 0.3) is 0 Å². The summed E-state index contributed by atoms with van der Waals surface area (Å²) < 4.78 is 40.3. The molecule has 0 aromatic carbocycles. The molecule has 16 heavy (non-hydrogen) atoms. The average molecular weight is 243 g/mol. The minimum Gasteiger partial charge on any atom is -0.418 e. The van der Waals surface area contributed by atoms with Crippen LogP contribution in [0, 0.1) is 11.8 Å². The zero-order valence-electron chi connectivity index (χ0n) is 10.5. The van der Waals surface area contributed by atoms with Gasteiger partial charge in [-0.15, -0.1) is 0 Å². The van der Waals surface area contributed by atoms with E-state index >= 15 is 0 Å². The lowest BCUT2D eigenvalue weighted by Gasteiger charge is -2.42. The van der Waals surface area contributed by atoms with Crippen LogP contribution in [0.15, 0.2) is 0 Å². The second kappa shape index (κ2) is 5.89. The predicted molar refractivity (Wildman–Crippen MR) is 59.6 cm³/mol. The Morgan fingerprint density at radius 2 is 1.38 bits per heavy atom. The van der Waals surface area contributed by atoms with Crippen molar-refractivity contribution in [3.8, 4) is 0 Å². The van der Waals surface area contributed by atoms with Crippen molar-refractivity contribution in [3.05, 3.63) is 0 Å². The highest BCUT2D eigenvalue weighted by Crippen LogP contribution is 2.25. The van der Waals surface area contributed by atoms with Crippen LogP contribution in [0.4, 0.5) is 17.3 Å². The lowest BCUT2D eigenvalue weighted by molar-refractivity contribution is -0.919. The molecule has 1 fully saturated rings. The number of nitrogens with zero attached hydrogens (tertiary/aromatic N) is 1. The Morgan fingerprint density at radius 1 is 1.06 bits per heavy atom. The van der Waals surface area contributed by atoms with Crippen LogP contribution in [0.1, 0.15) is 27.2 Å². The normalized spacial score (nSPS) is 35.2. The zero-order valence-corrected chi connectivity index (χ0v) is 10.5. The Hall–Kier alpha value is -0.255. The summed E-state index contributed by atoms with van der Waals surface area (Å²) >= 11 is 0. The first-order valence-electron chi connectivity index (χ1n) is 5.76. The molecule has 0 N–H and O–H groups in total. The average Bonchev–Trinajstić information content (AvgIpc) is 1.98. The summed E-state index contributed by atoms with van der Waals surface area (Å²) in [7, 11) is -3.60. The maximum atomic E-state index is 9.75. The SMILES string of the molecule is CC[N+]1(C)CC(C)CC(C)C1.F[B-](F)(F)F. The van der Waals surface area contributed by atoms with Gasteiger partial charge in [-0.05, 0) is 13.3 Å². The van der Waals surface area contributed by atoms with Crippen LogP contribution in [-0.4, -0.2) is 38.4 Å². The maximum Gasteiger partial charge on any atom is 0.673 e. The summed E-state index contributed by atoms with van der Waals surface area (Å²) in [6, 6.07) is 0. The van der Waals surface area contributed by atoms with Crippen molar-refractivity contribution < 1.29 is 21.7 Å². The molecule has 0 radical (unpaired) electrons. The van der Waals surface area contributed by atoms with Crippen molar-refractivity contribution in [2.45, 2.75) is 27.2 Å². The quantitative estimate of drug-likeness (QED) is 0.376. The third-order valence-corrected chi connectivity index (χ3v) is 3.07. The Balaban J connectivity index is 0.000000385. The molecular weight excluding hydrogens is 221 g/mol. The van der Waals surface area contributed by atoms with E-state index in [1.54, 1.807) is 0 Å². The second-order valence-electron chi connectivity index (χ2n) is 5.24. The van der Waals surface area contributed by atoms with E-state index in [0.717, 1.165) is 11.8 Å². The smallest absolute Gasteiger partial charge is 0.418 e. The predicted octanol–water partition coefficient (Wildman–Crippen LogP) is 3.43. The van der Waals surface area contributed by atoms with Crippen molar-refractivity contribution in [3.63, 3.8) is 0 Å². The van der Waals surface area contributed by atoms with E-state index < -0.39 is 7.25 Å². The number of rotatable bonds is 1. The van der Waals surface area contributed by atoms with Gasteiger partial charge < -0.3 is 21.7 Å². The molecule has 6 heteroatoms. The lowest BCUT2D eigenvalue weighted by Crippen LogP contribution is -2.52. The fourth-order valence-corrected chi connectivity index (χ4v) is 2.67. The van der Waals surface area contributed by atoms with Crippen LogP contribution in [-0.2, 0) is 0 Å². The molecule has 0 amide bonds. The first-order valence-corrected chi connectivity index (χ1v) is 5.76. The maximum absolute atomic E-state index is 9.75. The van der Waals surface area contributed by atoms with Crippen molar-refractivity contribution in [1.29, 1.82) is 0 Å². The van der Waals surface area contributed by atoms with E-state index in [1.807, 2.05) is 0 Å². The highest BCUT2D eigenvalue weighted by atomic mass is 19.5. The molecule has 0 saturated carbocycles. The first-order chi connectivity index (χ1) is 7.06. The van der Waals surface area contributed by atoms with Crippen LogP contribution in [0.25, 0.3) is 0 Å². The van der Waals surface area contributed by atoms with Gasteiger partial charge in [0.1, 0.15) is 0 Å². The van der Waals surface area contributed by atoms with Crippen molar-refractivity contribution in [1.82, 2.24) is 0 Å². The summed E-state index contributed by atoms with van der Waals surface area (Å²) in [6.45, 7) is 11.2. The van der Waals surface area contributed by atoms with Gasteiger partial charge in [-0.25, -0.2) is 0 Å². The first kappa shape index (κ1) is 15.7. The van der Waals surface area contributed by atoms with Gasteiger partial charge in [0, 0.05) is 11.8 Å². The number of quaternary nitrogens is 1. The van der Waals surface area contributed by atoms with Gasteiger partial charge >= 0.3 is 7.25 Å². The molecule has 1 nitrogen and oxygen atoms in total. The van der Waals surface area contributed by atoms with Crippen LogP contribution >= 0.6 is 0 Å². The molecular formula is C10H22BF4N. The number of halogens is 4. The highest BCUT2D eigenvalue weighted by molar-refractivity contribution is 6.50. The largest absolute Gasteiger partial charge is 0.673 e. The van der Waals surface area contributed by atoms with E-state index in [1.165, 1.54) is 30.5 Å². The fourth-order valence-electron chi connectivity index (χ4n) is 2.67. The number of piperidine rings is 1. The van der Waals surface area contributed by atoms with Gasteiger partial charge in [-0.2, -0.15) is 0 Å². The van der Waals surface area contributed by atoms with Gasteiger partial charge in [0.2, 0.25) is 0 Å². The zero-order chi connectivity index (χ0) is 13.0. The highest BCUT2D eigenvalue weighted by Gasteiger charge is 2.31. The van der Waals surface area contributed by atoms with Gasteiger partial charge in [0.05, 0.1) is 26.7 Å². The minimum absolute atomic E-state index is 0.934. The number of hydrogen-bond donors (Lipinski definition) is 0. The van der Waals surface area contributed by atoms with Gasteiger partial charge in [0.15, 0.2) is 0 Å². The summed E-state index contributed by atoms with van der Waals surface area (Å²) in [4.78, 5) is 0. The van der Waals surface area contributed by atoms with Crippen LogP contribution in [0.3, 0.4) is 0 Å². The van der Waals surface area contributed by atoms with Crippen LogP contribution in [0.2, 0.25) is 0 Å². The van der Waals surface area contributed by atoms with Gasteiger partial charge in [-0.1, -0.05) is 13.8 Å². The fraction of sp³-hybridized carbons (Fsp3) is 1.00. The molecule has 0 bridgehead atoms. The second-order valence-corrected chi connectivity index (χ2v) is 5.24. The third kappa shape index (κ3) is 7.96. The standard InChI is InChI=1S/C10H22N.BF4/c1-5-11(4)7-9(2)6-10(3)8-11;2-1(3,4)5/h9-10H,5-8H2,1-4H3;/q+1;-1.